The number of nitrogens with zero attached hydrogens (tertiary/aromatic N) is 1. The lowest BCUT2D eigenvalue weighted by molar-refractivity contribution is -0.132. The van der Waals surface area contributed by atoms with E-state index in [4.69, 9.17) is 10.2 Å². The average molecular weight is 473 g/mol. The van der Waals surface area contributed by atoms with Gasteiger partial charge >= 0.3 is 0 Å². The Balaban J connectivity index is 1.60. The Morgan fingerprint density at radius 2 is 1.56 bits per heavy atom. The molecule has 0 fully saturated rings. The molecule has 0 radical (unpaired) electrons. The van der Waals surface area contributed by atoms with Crippen molar-refractivity contribution in [1.82, 2.24) is 4.90 Å². The van der Waals surface area contributed by atoms with Gasteiger partial charge in [0, 0.05) is 18.8 Å². The van der Waals surface area contributed by atoms with Crippen LogP contribution < -0.4 is 16.1 Å². The summed E-state index contributed by atoms with van der Waals surface area (Å²) in [7, 11) is -2.61. The largest absolute Gasteiger partial charge is 0.406 e. The van der Waals surface area contributed by atoms with Crippen LogP contribution in [-0.4, -0.2) is 38.8 Å². The number of amides is 1. The SMILES string of the molecule is CC1C(=O)N(CCO[Si](c2ccccc2)(c2ccccc2)C(C)(C)C)CCc2cc(N)ccc21. The highest BCUT2D eigenvalue weighted by molar-refractivity contribution is 6.99. The first-order chi connectivity index (χ1) is 16.2. The monoisotopic (exact) mass is 472 g/mol. The molecule has 1 aliphatic heterocycles. The van der Waals surface area contributed by atoms with E-state index in [2.05, 4.69) is 81.4 Å². The van der Waals surface area contributed by atoms with Gasteiger partial charge in [-0.25, -0.2) is 0 Å². The van der Waals surface area contributed by atoms with Crippen molar-refractivity contribution in [3.05, 3.63) is 90.0 Å². The second-order valence-electron chi connectivity index (χ2n) is 10.3. The molecule has 1 heterocycles. The van der Waals surface area contributed by atoms with Crippen molar-refractivity contribution in [3.63, 3.8) is 0 Å². The molecule has 0 saturated carbocycles. The van der Waals surface area contributed by atoms with Crippen LogP contribution in [-0.2, 0) is 15.6 Å². The Kier molecular flexibility index (Phi) is 6.96. The molecule has 2 N–H and O–H groups in total. The first-order valence-corrected chi connectivity index (χ1v) is 14.1. The standard InChI is InChI=1S/C29H36N2O2Si/c1-22-27-16-15-24(30)21-23(27)17-18-31(28(22)32)19-20-33-34(29(2,3)4,25-11-7-5-8-12-25)26-13-9-6-10-14-26/h5-16,21-22H,17-20,30H2,1-4H3. The molecule has 4 nitrogen and oxygen atoms in total. The maximum absolute atomic E-state index is 13.3. The van der Waals surface area contributed by atoms with Gasteiger partial charge in [-0.2, -0.15) is 0 Å². The lowest BCUT2D eigenvalue weighted by Crippen LogP contribution is -2.67. The fourth-order valence-corrected chi connectivity index (χ4v) is 9.88. The Morgan fingerprint density at radius 1 is 0.971 bits per heavy atom. The van der Waals surface area contributed by atoms with Crippen LogP contribution in [0.3, 0.4) is 0 Å². The van der Waals surface area contributed by atoms with Crippen LogP contribution in [0.5, 0.6) is 0 Å². The molecule has 5 heteroatoms. The summed E-state index contributed by atoms with van der Waals surface area (Å²) in [6, 6.07) is 27.2. The summed E-state index contributed by atoms with van der Waals surface area (Å²) < 4.78 is 7.01. The number of hydrogen-bond donors (Lipinski definition) is 1. The highest BCUT2D eigenvalue weighted by Crippen LogP contribution is 2.37. The van der Waals surface area contributed by atoms with Gasteiger partial charge in [0.25, 0.3) is 8.32 Å². The fraction of sp³-hybridized carbons (Fsp3) is 0.345. The Morgan fingerprint density at radius 3 is 2.12 bits per heavy atom. The van der Waals surface area contributed by atoms with E-state index < -0.39 is 8.32 Å². The molecule has 0 spiro atoms. The van der Waals surface area contributed by atoms with Gasteiger partial charge in [0.1, 0.15) is 0 Å². The van der Waals surface area contributed by atoms with Crippen LogP contribution in [0.15, 0.2) is 78.9 Å². The summed E-state index contributed by atoms with van der Waals surface area (Å²) >= 11 is 0. The molecule has 4 rings (SSSR count). The number of benzene rings is 3. The van der Waals surface area contributed by atoms with Crippen LogP contribution in [0, 0.1) is 0 Å². The van der Waals surface area contributed by atoms with Crippen LogP contribution in [0.4, 0.5) is 5.69 Å². The summed E-state index contributed by atoms with van der Waals surface area (Å²) in [6.07, 6.45) is 0.815. The van der Waals surface area contributed by atoms with E-state index in [9.17, 15) is 4.79 Å². The zero-order chi connectivity index (χ0) is 24.3. The van der Waals surface area contributed by atoms with Gasteiger partial charge in [-0.05, 0) is 52.0 Å². The number of anilines is 1. The highest BCUT2D eigenvalue weighted by Gasteiger charge is 2.50. The van der Waals surface area contributed by atoms with E-state index in [-0.39, 0.29) is 16.9 Å². The van der Waals surface area contributed by atoms with Crippen LogP contribution >= 0.6 is 0 Å². The van der Waals surface area contributed by atoms with E-state index in [1.54, 1.807) is 0 Å². The van der Waals surface area contributed by atoms with Crippen molar-refractivity contribution < 1.29 is 9.22 Å². The normalized spacial score (nSPS) is 16.8. The second-order valence-corrected chi connectivity index (χ2v) is 14.6. The number of carbonyl (C=O) groups is 1. The Labute approximate surface area is 204 Å². The van der Waals surface area contributed by atoms with Crippen LogP contribution in [0.2, 0.25) is 5.04 Å². The Bertz CT molecular complexity index is 1090. The van der Waals surface area contributed by atoms with Gasteiger partial charge in [0.2, 0.25) is 5.91 Å². The summed E-state index contributed by atoms with van der Waals surface area (Å²) in [6.45, 7) is 10.6. The quantitative estimate of drug-likeness (QED) is 0.429. The van der Waals surface area contributed by atoms with Gasteiger partial charge < -0.3 is 15.1 Å². The molecule has 1 unspecified atom stereocenters. The van der Waals surface area contributed by atoms with Gasteiger partial charge in [-0.15, -0.1) is 0 Å². The van der Waals surface area contributed by atoms with Crippen LogP contribution in [0.25, 0.3) is 0 Å². The first kappa shape index (κ1) is 24.2. The summed E-state index contributed by atoms with van der Waals surface area (Å²) in [5.74, 6) is -0.0134. The molecule has 3 aromatic rings. The van der Waals surface area contributed by atoms with E-state index in [0.29, 0.717) is 19.7 Å². The molecular weight excluding hydrogens is 436 g/mol. The molecule has 178 valence electrons. The van der Waals surface area contributed by atoms with E-state index in [0.717, 1.165) is 17.7 Å². The van der Waals surface area contributed by atoms with Gasteiger partial charge in [-0.1, -0.05) is 87.5 Å². The minimum atomic E-state index is -2.61. The third-order valence-electron chi connectivity index (χ3n) is 7.06. The molecule has 34 heavy (non-hydrogen) atoms. The zero-order valence-corrected chi connectivity index (χ0v) is 21.8. The summed E-state index contributed by atoms with van der Waals surface area (Å²) in [5.41, 5.74) is 9.03. The number of hydrogen-bond acceptors (Lipinski definition) is 3. The van der Waals surface area contributed by atoms with Gasteiger partial charge in [-0.3, -0.25) is 4.79 Å². The number of carbonyl (C=O) groups excluding carboxylic acids is 1. The number of nitrogens with two attached hydrogens (primary N) is 1. The van der Waals surface area contributed by atoms with Crippen molar-refractivity contribution in [2.45, 2.75) is 45.1 Å². The number of fused-ring (bicyclic) bond motifs is 1. The van der Waals surface area contributed by atoms with Crippen molar-refractivity contribution in [2.75, 3.05) is 25.4 Å². The van der Waals surface area contributed by atoms with Gasteiger partial charge in [0.05, 0.1) is 12.5 Å². The molecule has 0 aromatic heterocycles. The molecule has 0 aliphatic carbocycles. The lowest BCUT2D eigenvalue weighted by atomic mass is 9.94. The van der Waals surface area contributed by atoms with E-state index in [1.807, 2.05) is 30.0 Å². The molecule has 1 atom stereocenters. The second kappa shape index (κ2) is 9.77. The summed E-state index contributed by atoms with van der Waals surface area (Å²) in [4.78, 5) is 15.3. The lowest BCUT2D eigenvalue weighted by Gasteiger charge is -2.43. The smallest absolute Gasteiger partial charge is 0.261 e. The first-order valence-electron chi connectivity index (χ1n) is 12.2. The molecule has 1 amide bonds. The molecule has 0 saturated heterocycles. The maximum atomic E-state index is 13.3. The third kappa shape index (κ3) is 4.55. The predicted octanol–water partition coefficient (Wildman–Crippen LogP) is 4.33. The van der Waals surface area contributed by atoms with Gasteiger partial charge in [0.15, 0.2) is 0 Å². The average Bonchev–Trinajstić information content (AvgIpc) is 2.94. The van der Waals surface area contributed by atoms with Crippen LogP contribution in [0.1, 0.15) is 44.7 Å². The fourth-order valence-electron chi connectivity index (χ4n) is 5.33. The molecule has 3 aromatic carbocycles. The maximum Gasteiger partial charge on any atom is 0.261 e. The predicted molar refractivity (Wildman–Crippen MR) is 143 cm³/mol. The van der Waals surface area contributed by atoms with Crippen molar-refractivity contribution in [3.8, 4) is 0 Å². The van der Waals surface area contributed by atoms with Crippen molar-refractivity contribution in [1.29, 1.82) is 0 Å². The molecule has 1 aliphatic rings. The van der Waals surface area contributed by atoms with Crippen molar-refractivity contribution in [2.24, 2.45) is 0 Å². The molecule has 0 bridgehead atoms. The zero-order valence-electron chi connectivity index (χ0n) is 20.8. The molecular formula is C29H36N2O2Si. The minimum Gasteiger partial charge on any atom is -0.406 e. The van der Waals surface area contributed by atoms with E-state index >= 15 is 0 Å². The minimum absolute atomic E-state index is 0.0838. The summed E-state index contributed by atoms with van der Waals surface area (Å²) in [5, 5.41) is 2.43. The highest BCUT2D eigenvalue weighted by atomic mass is 28.4. The third-order valence-corrected chi connectivity index (χ3v) is 12.1. The number of rotatable bonds is 6. The van der Waals surface area contributed by atoms with E-state index in [1.165, 1.54) is 15.9 Å². The Hall–Kier alpha value is -2.89. The number of nitrogen functional groups attached to an aromatic ring is 1. The topological polar surface area (TPSA) is 55.6 Å². The van der Waals surface area contributed by atoms with Crippen molar-refractivity contribution >= 4 is 30.3 Å².